The van der Waals surface area contributed by atoms with E-state index in [0.29, 0.717) is 30.4 Å². The van der Waals surface area contributed by atoms with Gasteiger partial charge in [0, 0.05) is 25.0 Å². The Hall–Kier alpha value is -2.03. The van der Waals surface area contributed by atoms with Gasteiger partial charge in [0.25, 0.3) is 5.91 Å². The summed E-state index contributed by atoms with van der Waals surface area (Å²) in [5.41, 5.74) is 0.652. The van der Waals surface area contributed by atoms with E-state index in [1.807, 2.05) is 0 Å². The molecule has 3 rings (SSSR count). The van der Waals surface area contributed by atoms with E-state index >= 15 is 0 Å². The van der Waals surface area contributed by atoms with Crippen molar-refractivity contribution in [3.63, 3.8) is 0 Å². The fourth-order valence-corrected chi connectivity index (χ4v) is 4.84. The van der Waals surface area contributed by atoms with Crippen molar-refractivity contribution in [2.24, 2.45) is 0 Å². The molecule has 7 nitrogen and oxygen atoms in total. The number of hydrogen-bond donors (Lipinski definition) is 2. The first-order valence-electron chi connectivity index (χ1n) is 8.84. The van der Waals surface area contributed by atoms with Gasteiger partial charge >= 0.3 is 0 Å². The molecule has 1 aliphatic heterocycles. The number of hydrogen-bond acceptors (Lipinski definition) is 4. The zero-order valence-corrected chi connectivity index (χ0v) is 16.6. The summed E-state index contributed by atoms with van der Waals surface area (Å²) in [7, 11) is -3.71. The second kappa shape index (κ2) is 8.33. The van der Waals surface area contributed by atoms with E-state index in [1.54, 1.807) is 19.1 Å². The summed E-state index contributed by atoms with van der Waals surface area (Å²) in [5, 5.41) is 3.11. The molecule has 1 aromatic heterocycles. The molecular formula is C18H22ClN3O4S. The molecule has 2 aromatic rings. The van der Waals surface area contributed by atoms with Gasteiger partial charge in [-0.3, -0.25) is 4.79 Å². The third-order valence-electron chi connectivity index (χ3n) is 4.33. The number of nitrogens with zero attached hydrogens (tertiary/aromatic N) is 1. The number of halogens is 1. The summed E-state index contributed by atoms with van der Waals surface area (Å²) in [6, 6.07) is 6.12. The molecule has 0 radical (unpaired) electrons. The number of carbonyl (C=O) groups excluding carboxylic acids is 1. The van der Waals surface area contributed by atoms with Gasteiger partial charge in [-0.2, -0.15) is 4.31 Å². The fraction of sp³-hybridized carbons (Fsp3) is 0.389. The Morgan fingerprint density at radius 2 is 2.00 bits per heavy atom. The van der Waals surface area contributed by atoms with Crippen LogP contribution in [0.25, 0.3) is 0 Å². The number of amides is 1. The lowest BCUT2D eigenvalue weighted by atomic mass is 10.2. The van der Waals surface area contributed by atoms with Crippen LogP contribution in [0.4, 0.5) is 5.69 Å². The third-order valence-corrected chi connectivity index (χ3v) is 6.46. The molecule has 0 unspecified atom stereocenters. The molecule has 0 spiro atoms. The van der Waals surface area contributed by atoms with E-state index in [1.165, 1.54) is 22.6 Å². The van der Waals surface area contributed by atoms with E-state index in [9.17, 15) is 13.2 Å². The zero-order valence-electron chi connectivity index (χ0n) is 15.0. The van der Waals surface area contributed by atoms with Crippen LogP contribution in [0.2, 0.25) is 5.02 Å². The maximum atomic E-state index is 13.1. The molecule has 9 heteroatoms. The van der Waals surface area contributed by atoms with Crippen molar-refractivity contribution in [1.82, 2.24) is 9.29 Å². The number of aromatic amines is 1. The predicted molar refractivity (Wildman–Crippen MR) is 104 cm³/mol. The number of ether oxygens (including phenoxy) is 1. The highest BCUT2D eigenvalue weighted by atomic mass is 35.5. The molecule has 0 atom stereocenters. The van der Waals surface area contributed by atoms with Gasteiger partial charge in [0.1, 0.15) is 16.3 Å². The smallest absolute Gasteiger partial charge is 0.272 e. The zero-order chi connectivity index (χ0) is 19.4. The molecule has 1 saturated heterocycles. The van der Waals surface area contributed by atoms with Crippen molar-refractivity contribution in [1.29, 1.82) is 0 Å². The van der Waals surface area contributed by atoms with Crippen molar-refractivity contribution in [2.45, 2.75) is 31.1 Å². The Kier molecular flexibility index (Phi) is 6.08. The second-order valence-corrected chi connectivity index (χ2v) is 8.59. The molecule has 1 amide bonds. The Morgan fingerprint density at radius 1 is 1.26 bits per heavy atom. The van der Waals surface area contributed by atoms with Crippen molar-refractivity contribution in [2.75, 3.05) is 25.0 Å². The molecule has 1 aromatic carbocycles. The van der Waals surface area contributed by atoms with Crippen molar-refractivity contribution < 1.29 is 17.9 Å². The summed E-state index contributed by atoms with van der Waals surface area (Å²) in [4.78, 5) is 15.1. The van der Waals surface area contributed by atoms with Gasteiger partial charge in [-0.05, 0) is 44.0 Å². The number of benzene rings is 1. The topological polar surface area (TPSA) is 91.5 Å². The van der Waals surface area contributed by atoms with Crippen LogP contribution >= 0.6 is 11.6 Å². The fourth-order valence-electron chi connectivity index (χ4n) is 3.00. The molecule has 2 heterocycles. The second-order valence-electron chi connectivity index (χ2n) is 6.24. The van der Waals surface area contributed by atoms with Gasteiger partial charge in [-0.15, -0.1) is 0 Å². The predicted octanol–water partition coefficient (Wildman–Crippen LogP) is 3.49. The summed E-state index contributed by atoms with van der Waals surface area (Å²) >= 11 is 5.82. The average Bonchev–Trinajstić information content (AvgIpc) is 3.10. The van der Waals surface area contributed by atoms with E-state index in [0.717, 1.165) is 19.3 Å². The molecule has 2 N–H and O–H groups in total. The van der Waals surface area contributed by atoms with Crippen LogP contribution in [0.15, 0.2) is 35.4 Å². The van der Waals surface area contributed by atoms with Crippen LogP contribution in [0.1, 0.15) is 36.7 Å². The lowest BCUT2D eigenvalue weighted by Crippen LogP contribution is -2.35. The van der Waals surface area contributed by atoms with Crippen LogP contribution in [-0.2, 0) is 10.0 Å². The number of piperidine rings is 1. The number of aromatic nitrogens is 1. The molecule has 1 fully saturated rings. The number of H-pyrrole nitrogens is 1. The Labute approximate surface area is 163 Å². The van der Waals surface area contributed by atoms with E-state index in [-0.39, 0.29) is 16.3 Å². The van der Waals surface area contributed by atoms with Crippen molar-refractivity contribution in [3.8, 4) is 5.75 Å². The minimum atomic E-state index is -3.71. The van der Waals surface area contributed by atoms with Crippen LogP contribution in [0.5, 0.6) is 5.75 Å². The number of carbonyl (C=O) groups is 1. The van der Waals surface area contributed by atoms with Crippen molar-refractivity contribution >= 4 is 33.2 Å². The van der Waals surface area contributed by atoms with E-state index < -0.39 is 15.9 Å². The minimum Gasteiger partial charge on any atom is -0.492 e. The highest BCUT2D eigenvalue weighted by Gasteiger charge is 2.29. The quantitative estimate of drug-likeness (QED) is 0.761. The molecule has 0 bridgehead atoms. The molecule has 1 aliphatic rings. The highest BCUT2D eigenvalue weighted by Crippen LogP contribution is 2.31. The SMILES string of the molecule is CCOc1ccc(NC(=O)c2cc(Cl)c[nH]2)cc1S(=O)(=O)N1CCCCC1. The first-order valence-corrected chi connectivity index (χ1v) is 10.7. The monoisotopic (exact) mass is 411 g/mol. The van der Waals surface area contributed by atoms with Crippen molar-refractivity contribution in [3.05, 3.63) is 41.2 Å². The Balaban J connectivity index is 1.91. The number of sulfonamides is 1. The Bertz CT molecular complexity index is 920. The van der Waals surface area contributed by atoms with E-state index in [4.69, 9.17) is 16.3 Å². The highest BCUT2D eigenvalue weighted by molar-refractivity contribution is 7.89. The summed E-state index contributed by atoms with van der Waals surface area (Å²) in [6.45, 7) is 3.12. The van der Waals surface area contributed by atoms with Crippen LogP contribution < -0.4 is 10.1 Å². The average molecular weight is 412 g/mol. The third kappa shape index (κ3) is 4.45. The Morgan fingerprint density at radius 3 is 2.63 bits per heavy atom. The maximum Gasteiger partial charge on any atom is 0.272 e. The maximum absolute atomic E-state index is 13.1. The van der Waals surface area contributed by atoms with Gasteiger partial charge in [0.15, 0.2) is 0 Å². The normalized spacial score (nSPS) is 15.5. The van der Waals surface area contributed by atoms with Crippen LogP contribution in [0.3, 0.4) is 0 Å². The van der Waals surface area contributed by atoms with Gasteiger partial charge < -0.3 is 15.0 Å². The number of nitrogens with one attached hydrogen (secondary N) is 2. The molecule has 0 saturated carbocycles. The molecule has 27 heavy (non-hydrogen) atoms. The lowest BCUT2D eigenvalue weighted by molar-refractivity contribution is 0.102. The standard InChI is InChI=1S/C18H22ClN3O4S/c1-2-26-16-7-6-14(21-18(23)15-10-13(19)12-20-15)11-17(16)27(24,25)22-8-4-3-5-9-22/h6-7,10-12,20H,2-5,8-9H2,1H3,(H,21,23). The molecule has 0 aliphatic carbocycles. The lowest BCUT2D eigenvalue weighted by Gasteiger charge is -2.27. The van der Waals surface area contributed by atoms with Gasteiger partial charge in [0.05, 0.1) is 11.6 Å². The van der Waals surface area contributed by atoms with Gasteiger partial charge in [-0.1, -0.05) is 18.0 Å². The molecule has 146 valence electrons. The number of anilines is 1. The van der Waals surface area contributed by atoms with Crippen LogP contribution in [0, 0.1) is 0 Å². The van der Waals surface area contributed by atoms with Gasteiger partial charge in [0.2, 0.25) is 10.0 Å². The van der Waals surface area contributed by atoms with Crippen LogP contribution in [-0.4, -0.2) is 43.3 Å². The first kappa shape index (κ1) is 19.7. The summed E-state index contributed by atoms with van der Waals surface area (Å²) in [5.74, 6) is -0.128. The number of rotatable bonds is 6. The van der Waals surface area contributed by atoms with E-state index in [2.05, 4.69) is 10.3 Å². The molecular weight excluding hydrogens is 390 g/mol. The minimum absolute atomic E-state index is 0.0635. The summed E-state index contributed by atoms with van der Waals surface area (Å²) in [6.07, 6.45) is 4.21. The summed E-state index contributed by atoms with van der Waals surface area (Å²) < 4.78 is 33.2. The first-order chi connectivity index (χ1) is 12.9. The largest absolute Gasteiger partial charge is 0.492 e. The van der Waals surface area contributed by atoms with Gasteiger partial charge in [-0.25, -0.2) is 8.42 Å².